The van der Waals surface area contributed by atoms with Gasteiger partial charge in [0.05, 0.1) is 0 Å². The highest BCUT2D eigenvalue weighted by atomic mass is 16.2. The predicted octanol–water partition coefficient (Wildman–Crippen LogP) is 1.76. The first-order valence-corrected chi connectivity index (χ1v) is 7.27. The fraction of sp³-hybridized carbons (Fsp3) is 0.500. The van der Waals surface area contributed by atoms with Crippen molar-refractivity contribution >= 4 is 17.5 Å². The molecule has 1 aromatic rings. The van der Waals surface area contributed by atoms with E-state index in [0.29, 0.717) is 5.56 Å². The van der Waals surface area contributed by atoms with Crippen LogP contribution in [0.1, 0.15) is 35.2 Å². The van der Waals surface area contributed by atoms with Crippen molar-refractivity contribution < 1.29 is 9.59 Å². The third-order valence-electron chi connectivity index (χ3n) is 3.97. The molecule has 3 N–H and O–H groups in total. The maximum atomic E-state index is 12.2. The summed E-state index contributed by atoms with van der Waals surface area (Å²) in [6, 6.07) is 5.51. The summed E-state index contributed by atoms with van der Waals surface area (Å²) in [4.78, 5) is 25.7. The third-order valence-corrected chi connectivity index (χ3v) is 3.97. The van der Waals surface area contributed by atoms with E-state index in [-0.39, 0.29) is 23.8 Å². The number of hydrogen-bond donors (Lipinski definition) is 2. The van der Waals surface area contributed by atoms with Crippen LogP contribution in [-0.4, -0.2) is 36.9 Å². The number of nitrogens with one attached hydrogen (secondary N) is 1. The molecule has 0 bridgehead atoms. The summed E-state index contributed by atoms with van der Waals surface area (Å²) in [5.41, 5.74) is 8.08. The maximum Gasteiger partial charge on any atom is 0.253 e. The minimum Gasteiger partial charge on any atom is -0.345 e. The number of aryl methyl sites for hydroxylation is 1. The second-order valence-electron chi connectivity index (χ2n) is 5.99. The van der Waals surface area contributed by atoms with Crippen molar-refractivity contribution in [2.45, 2.75) is 32.2 Å². The van der Waals surface area contributed by atoms with Crippen molar-refractivity contribution in [1.82, 2.24) is 4.90 Å². The number of hydrogen-bond acceptors (Lipinski definition) is 3. The van der Waals surface area contributed by atoms with Crippen molar-refractivity contribution in [2.75, 3.05) is 19.4 Å². The van der Waals surface area contributed by atoms with Crippen LogP contribution in [0, 0.1) is 12.8 Å². The lowest BCUT2D eigenvalue weighted by Gasteiger charge is -2.15. The van der Waals surface area contributed by atoms with Gasteiger partial charge in [-0.15, -0.1) is 0 Å². The van der Waals surface area contributed by atoms with Crippen LogP contribution >= 0.6 is 0 Å². The molecule has 0 saturated heterocycles. The van der Waals surface area contributed by atoms with Gasteiger partial charge in [-0.1, -0.05) is 0 Å². The van der Waals surface area contributed by atoms with Gasteiger partial charge in [0.1, 0.15) is 0 Å². The molecule has 2 amide bonds. The smallest absolute Gasteiger partial charge is 0.253 e. The molecule has 1 aliphatic rings. The molecule has 1 aromatic carbocycles. The summed E-state index contributed by atoms with van der Waals surface area (Å²) in [6.45, 7) is 1.87. The number of amides is 2. The monoisotopic (exact) mass is 289 g/mol. The molecule has 2 unspecified atom stereocenters. The maximum absolute atomic E-state index is 12.2. The summed E-state index contributed by atoms with van der Waals surface area (Å²) in [7, 11) is 3.45. The van der Waals surface area contributed by atoms with E-state index in [2.05, 4.69) is 5.32 Å². The number of nitrogens with zero attached hydrogens (tertiary/aromatic N) is 1. The van der Waals surface area contributed by atoms with Crippen LogP contribution in [0.25, 0.3) is 0 Å². The van der Waals surface area contributed by atoms with E-state index in [4.69, 9.17) is 5.73 Å². The van der Waals surface area contributed by atoms with E-state index in [1.54, 1.807) is 31.1 Å². The molecule has 114 valence electrons. The van der Waals surface area contributed by atoms with E-state index in [9.17, 15) is 9.59 Å². The van der Waals surface area contributed by atoms with Gasteiger partial charge in [-0.2, -0.15) is 0 Å². The van der Waals surface area contributed by atoms with E-state index >= 15 is 0 Å². The Balaban J connectivity index is 2.07. The molecule has 2 atom stereocenters. The van der Waals surface area contributed by atoms with Crippen LogP contribution in [0.15, 0.2) is 18.2 Å². The van der Waals surface area contributed by atoms with Gasteiger partial charge in [0, 0.05) is 37.3 Å². The molecule has 2 rings (SSSR count). The third kappa shape index (κ3) is 3.61. The number of carbonyl (C=O) groups excluding carboxylic acids is 2. The summed E-state index contributed by atoms with van der Waals surface area (Å²) in [5, 5.41) is 2.92. The quantitative estimate of drug-likeness (QED) is 0.890. The minimum absolute atomic E-state index is 0.00314. The number of carbonyl (C=O) groups is 2. The van der Waals surface area contributed by atoms with Crippen LogP contribution in [0.2, 0.25) is 0 Å². The first-order valence-electron chi connectivity index (χ1n) is 7.27. The highest BCUT2D eigenvalue weighted by Crippen LogP contribution is 2.26. The molecule has 1 fully saturated rings. The Labute approximate surface area is 125 Å². The van der Waals surface area contributed by atoms with Crippen LogP contribution in [0.5, 0.6) is 0 Å². The largest absolute Gasteiger partial charge is 0.345 e. The normalized spacial score (nSPS) is 21.1. The van der Waals surface area contributed by atoms with Crippen LogP contribution < -0.4 is 11.1 Å². The first kappa shape index (κ1) is 15.5. The van der Waals surface area contributed by atoms with Crippen molar-refractivity contribution in [3.8, 4) is 0 Å². The molecule has 5 heteroatoms. The Morgan fingerprint density at radius 2 is 2.00 bits per heavy atom. The number of benzene rings is 1. The van der Waals surface area contributed by atoms with E-state index in [1.165, 1.54) is 0 Å². The highest BCUT2D eigenvalue weighted by Gasteiger charge is 2.27. The molecule has 0 radical (unpaired) electrons. The van der Waals surface area contributed by atoms with Crippen molar-refractivity contribution in [2.24, 2.45) is 11.7 Å². The van der Waals surface area contributed by atoms with E-state index in [0.717, 1.165) is 30.5 Å². The second-order valence-corrected chi connectivity index (χ2v) is 5.99. The van der Waals surface area contributed by atoms with Gasteiger partial charge in [0.2, 0.25) is 5.91 Å². The van der Waals surface area contributed by atoms with Gasteiger partial charge < -0.3 is 16.0 Å². The zero-order valence-corrected chi connectivity index (χ0v) is 12.8. The first-order chi connectivity index (χ1) is 9.88. The molecule has 1 aliphatic carbocycles. The van der Waals surface area contributed by atoms with Crippen molar-refractivity contribution in [3.63, 3.8) is 0 Å². The lowest BCUT2D eigenvalue weighted by molar-refractivity contribution is -0.119. The van der Waals surface area contributed by atoms with E-state index in [1.807, 2.05) is 13.0 Å². The zero-order chi connectivity index (χ0) is 15.6. The number of anilines is 1. The molecule has 0 spiro atoms. The fourth-order valence-corrected chi connectivity index (χ4v) is 2.72. The Morgan fingerprint density at radius 3 is 2.52 bits per heavy atom. The van der Waals surface area contributed by atoms with Gasteiger partial charge in [-0.25, -0.2) is 0 Å². The van der Waals surface area contributed by atoms with Crippen LogP contribution in [-0.2, 0) is 4.79 Å². The summed E-state index contributed by atoms with van der Waals surface area (Å²) in [5.74, 6) is -0.00966. The highest BCUT2D eigenvalue weighted by molar-refractivity contribution is 5.97. The standard InChI is InChI=1S/C16H23N3O2/c1-10-8-13(6-7-14(10)16(21)19(2)3)18-15(20)11-4-5-12(17)9-11/h6-8,11-12H,4-5,9,17H2,1-3H3,(H,18,20). The number of nitrogens with two attached hydrogens (primary N) is 1. The summed E-state index contributed by atoms with van der Waals surface area (Å²) < 4.78 is 0. The zero-order valence-electron chi connectivity index (χ0n) is 12.8. The van der Waals surface area contributed by atoms with Crippen LogP contribution in [0.4, 0.5) is 5.69 Å². The molecule has 0 aliphatic heterocycles. The van der Waals surface area contributed by atoms with Gasteiger partial charge in [0.25, 0.3) is 5.91 Å². The Morgan fingerprint density at radius 1 is 1.29 bits per heavy atom. The predicted molar refractivity (Wildman–Crippen MR) is 83.1 cm³/mol. The summed E-state index contributed by atoms with van der Waals surface area (Å²) in [6.07, 6.45) is 2.51. The molecule has 5 nitrogen and oxygen atoms in total. The average molecular weight is 289 g/mol. The Bertz CT molecular complexity index is 554. The lowest BCUT2D eigenvalue weighted by atomic mass is 10.0. The van der Waals surface area contributed by atoms with Crippen LogP contribution in [0.3, 0.4) is 0 Å². The topological polar surface area (TPSA) is 75.4 Å². The van der Waals surface area contributed by atoms with E-state index < -0.39 is 0 Å². The van der Waals surface area contributed by atoms with Crippen molar-refractivity contribution in [3.05, 3.63) is 29.3 Å². The molecule has 1 saturated carbocycles. The molecular weight excluding hydrogens is 266 g/mol. The van der Waals surface area contributed by atoms with Gasteiger partial charge in [-0.3, -0.25) is 9.59 Å². The summed E-state index contributed by atoms with van der Waals surface area (Å²) >= 11 is 0. The SMILES string of the molecule is Cc1cc(NC(=O)C2CCC(N)C2)ccc1C(=O)N(C)C. The molecule has 0 aromatic heterocycles. The Kier molecular flexibility index (Phi) is 4.63. The van der Waals surface area contributed by atoms with Gasteiger partial charge in [0.15, 0.2) is 0 Å². The molecule has 0 heterocycles. The second kappa shape index (κ2) is 6.26. The lowest BCUT2D eigenvalue weighted by Crippen LogP contribution is -2.24. The number of rotatable bonds is 3. The molecule has 21 heavy (non-hydrogen) atoms. The molecular formula is C16H23N3O2. The van der Waals surface area contributed by atoms with Crippen molar-refractivity contribution in [1.29, 1.82) is 0 Å². The Hall–Kier alpha value is -1.88. The minimum atomic E-state index is -0.0351. The van der Waals surface area contributed by atoms with Gasteiger partial charge in [-0.05, 0) is 49.9 Å². The average Bonchev–Trinajstić information content (AvgIpc) is 2.85. The fourth-order valence-electron chi connectivity index (χ4n) is 2.72. The van der Waals surface area contributed by atoms with Gasteiger partial charge >= 0.3 is 0 Å².